The zero-order valence-electron chi connectivity index (χ0n) is 21.2. The van der Waals surface area contributed by atoms with E-state index >= 15 is 0 Å². The second-order valence-electron chi connectivity index (χ2n) is 8.39. The van der Waals surface area contributed by atoms with Crippen LogP contribution >= 0.6 is 11.6 Å². The smallest absolute Gasteiger partial charge is 0.264 e. The highest BCUT2D eigenvalue weighted by Gasteiger charge is 2.32. The summed E-state index contributed by atoms with van der Waals surface area (Å²) in [5, 5.41) is 3.15. The van der Waals surface area contributed by atoms with Gasteiger partial charge >= 0.3 is 0 Å². The zero-order chi connectivity index (χ0) is 27.9. The fourth-order valence-corrected chi connectivity index (χ4v) is 5.37. The summed E-state index contributed by atoms with van der Waals surface area (Å²) < 4.78 is 47.1. The number of methoxy groups -OCH3 is 1. The van der Waals surface area contributed by atoms with Gasteiger partial charge in [0.15, 0.2) is 0 Å². The van der Waals surface area contributed by atoms with Crippen LogP contribution in [-0.2, 0) is 26.2 Å². The number of hydrogen-bond acceptors (Lipinski definition) is 5. The summed E-state index contributed by atoms with van der Waals surface area (Å²) in [6.07, 6.45) is 0. The second-order valence-corrected chi connectivity index (χ2v) is 10.7. The van der Waals surface area contributed by atoms with Gasteiger partial charge in [0.1, 0.15) is 24.2 Å². The summed E-state index contributed by atoms with van der Waals surface area (Å²) in [7, 11) is -2.81. The predicted molar refractivity (Wildman–Crippen MR) is 144 cm³/mol. The van der Waals surface area contributed by atoms with Gasteiger partial charge < -0.3 is 15.0 Å². The van der Waals surface area contributed by atoms with E-state index in [1.54, 1.807) is 38.1 Å². The summed E-state index contributed by atoms with van der Waals surface area (Å²) in [5.74, 6) is -1.13. The van der Waals surface area contributed by atoms with Crippen molar-refractivity contribution in [3.63, 3.8) is 0 Å². The van der Waals surface area contributed by atoms with Crippen LogP contribution in [0.1, 0.15) is 19.4 Å². The van der Waals surface area contributed by atoms with Gasteiger partial charge in [-0.3, -0.25) is 13.9 Å². The normalized spacial score (nSPS) is 11.9. The van der Waals surface area contributed by atoms with Crippen molar-refractivity contribution >= 4 is 39.1 Å². The molecule has 0 bridgehead atoms. The van der Waals surface area contributed by atoms with Gasteiger partial charge in [-0.1, -0.05) is 23.7 Å². The molecule has 0 aliphatic rings. The number of rotatable bonds is 11. The molecule has 1 atom stereocenters. The van der Waals surface area contributed by atoms with Crippen LogP contribution in [-0.4, -0.2) is 51.4 Å². The molecular formula is C27H29ClFN3O5S. The third kappa shape index (κ3) is 7.02. The third-order valence-electron chi connectivity index (χ3n) is 5.80. The molecule has 0 fully saturated rings. The Bertz CT molecular complexity index is 1370. The number of likely N-dealkylation sites (N-methyl/N-ethyl adjacent to an activating group) is 1. The van der Waals surface area contributed by atoms with Crippen molar-refractivity contribution in [2.24, 2.45) is 0 Å². The highest BCUT2D eigenvalue weighted by Crippen LogP contribution is 2.26. The summed E-state index contributed by atoms with van der Waals surface area (Å²) in [6, 6.07) is 16.4. The molecule has 0 saturated carbocycles. The van der Waals surface area contributed by atoms with E-state index in [2.05, 4.69) is 5.32 Å². The lowest BCUT2D eigenvalue weighted by Gasteiger charge is -2.32. The van der Waals surface area contributed by atoms with Crippen molar-refractivity contribution in [2.75, 3.05) is 24.5 Å². The summed E-state index contributed by atoms with van der Waals surface area (Å²) in [5.41, 5.74) is 0.747. The molecule has 11 heteroatoms. The van der Waals surface area contributed by atoms with E-state index < -0.39 is 40.2 Å². The fraction of sp³-hybridized carbons (Fsp3) is 0.259. The van der Waals surface area contributed by atoms with Crippen molar-refractivity contribution in [3.8, 4) is 5.75 Å². The van der Waals surface area contributed by atoms with E-state index in [1.807, 2.05) is 0 Å². The van der Waals surface area contributed by atoms with Gasteiger partial charge in [-0.05, 0) is 80.1 Å². The number of carbonyl (C=O) groups excluding carboxylic acids is 2. The van der Waals surface area contributed by atoms with Crippen LogP contribution in [0.4, 0.5) is 10.1 Å². The minimum atomic E-state index is -4.27. The van der Waals surface area contributed by atoms with E-state index in [0.29, 0.717) is 22.9 Å². The molecular weight excluding hydrogens is 533 g/mol. The SMILES string of the molecule is CCNC(=O)C(C)N(Cc1cccc(Cl)c1)C(=O)CN(c1ccc(F)cc1)S(=O)(=O)c1ccc(OC)cc1. The maximum atomic E-state index is 13.7. The largest absolute Gasteiger partial charge is 0.497 e. The average Bonchev–Trinajstić information content (AvgIpc) is 2.90. The molecule has 0 aliphatic carbocycles. The van der Waals surface area contributed by atoms with Gasteiger partial charge in [0.25, 0.3) is 10.0 Å². The molecule has 1 unspecified atom stereocenters. The Hall–Kier alpha value is -3.63. The van der Waals surface area contributed by atoms with Crippen LogP contribution < -0.4 is 14.4 Å². The van der Waals surface area contributed by atoms with Crippen LogP contribution in [0.2, 0.25) is 5.02 Å². The second kappa shape index (κ2) is 12.7. The lowest BCUT2D eigenvalue weighted by molar-refractivity contribution is -0.139. The first-order valence-corrected chi connectivity index (χ1v) is 13.6. The molecule has 3 aromatic carbocycles. The number of benzene rings is 3. The number of ether oxygens (including phenoxy) is 1. The van der Waals surface area contributed by atoms with Crippen LogP contribution in [0.25, 0.3) is 0 Å². The monoisotopic (exact) mass is 561 g/mol. The molecule has 0 aliphatic heterocycles. The molecule has 3 rings (SSSR count). The van der Waals surface area contributed by atoms with Crippen molar-refractivity contribution in [3.05, 3.63) is 89.2 Å². The van der Waals surface area contributed by atoms with E-state index in [1.165, 1.54) is 48.4 Å². The van der Waals surface area contributed by atoms with Crippen LogP contribution in [0.3, 0.4) is 0 Å². The van der Waals surface area contributed by atoms with Crippen molar-refractivity contribution < 1.29 is 27.1 Å². The Kier molecular flexibility index (Phi) is 9.71. The van der Waals surface area contributed by atoms with E-state index in [9.17, 15) is 22.4 Å². The van der Waals surface area contributed by atoms with E-state index in [0.717, 1.165) is 16.4 Å². The molecule has 0 aromatic heterocycles. The van der Waals surface area contributed by atoms with Gasteiger partial charge in [-0.2, -0.15) is 0 Å². The quantitative estimate of drug-likeness (QED) is 0.378. The maximum absolute atomic E-state index is 13.7. The molecule has 0 spiro atoms. The molecule has 38 heavy (non-hydrogen) atoms. The standard InChI is InChI=1S/C27H29ClFN3O5S/c1-4-30-27(34)19(2)31(17-20-6-5-7-21(28)16-20)26(33)18-32(23-10-8-22(29)9-11-23)38(35,36)25-14-12-24(37-3)13-15-25/h5-16,19H,4,17-18H2,1-3H3,(H,30,34). The number of sulfonamides is 1. The molecule has 0 radical (unpaired) electrons. The zero-order valence-corrected chi connectivity index (χ0v) is 22.8. The average molecular weight is 562 g/mol. The van der Waals surface area contributed by atoms with Gasteiger partial charge in [-0.25, -0.2) is 12.8 Å². The maximum Gasteiger partial charge on any atom is 0.264 e. The lowest BCUT2D eigenvalue weighted by Crippen LogP contribution is -2.51. The van der Waals surface area contributed by atoms with Crippen LogP contribution in [0.5, 0.6) is 5.75 Å². The first kappa shape index (κ1) is 28.9. The molecule has 2 amide bonds. The lowest BCUT2D eigenvalue weighted by atomic mass is 10.1. The molecule has 0 saturated heterocycles. The predicted octanol–water partition coefficient (Wildman–Crippen LogP) is 4.24. The van der Waals surface area contributed by atoms with E-state index in [4.69, 9.17) is 16.3 Å². The Labute approximate surface area is 227 Å². The Morgan fingerprint density at radius 2 is 1.71 bits per heavy atom. The Morgan fingerprint density at radius 3 is 2.29 bits per heavy atom. The number of hydrogen-bond donors (Lipinski definition) is 1. The van der Waals surface area contributed by atoms with Crippen molar-refractivity contribution in [1.82, 2.24) is 10.2 Å². The van der Waals surface area contributed by atoms with Crippen molar-refractivity contribution in [2.45, 2.75) is 31.3 Å². The highest BCUT2D eigenvalue weighted by atomic mass is 35.5. The van der Waals surface area contributed by atoms with Gasteiger partial charge in [0.2, 0.25) is 11.8 Å². The van der Waals surface area contributed by atoms with Crippen molar-refractivity contribution in [1.29, 1.82) is 0 Å². The molecule has 0 heterocycles. The molecule has 8 nitrogen and oxygen atoms in total. The topological polar surface area (TPSA) is 96.0 Å². The first-order chi connectivity index (χ1) is 18.1. The number of amides is 2. The first-order valence-electron chi connectivity index (χ1n) is 11.8. The molecule has 202 valence electrons. The number of anilines is 1. The minimum Gasteiger partial charge on any atom is -0.497 e. The summed E-state index contributed by atoms with van der Waals surface area (Å²) in [6.45, 7) is 3.05. The number of nitrogens with zero attached hydrogens (tertiary/aromatic N) is 2. The summed E-state index contributed by atoms with van der Waals surface area (Å²) in [4.78, 5) is 27.6. The van der Waals surface area contributed by atoms with Crippen LogP contribution in [0, 0.1) is 5.82 Å². The van der Waals surface area contributed by atoms with E-state index in [-0.39, 0.29) is 17.1 Å². The van der Waals surface area contributed by atoms with Gasteiger partial charge in [0, 0.05) is 18.1 Å². The number of halogens is 2. The Morgan fingerprint density at radius 1 is 1.05 bits per heavy atom. The summed E-state index contributed by atoms with van der Waals surface area (Å²) >= 11 is 6.12. The van der Waals surface area contributed by atoms with Gasteiger partial charge in [0.05, 0.1) is 17.7 Å². The Balaban J connectivity index is 2.02. The number of carbonyl (C=O) groups is 2. The number of nitrogens with one attached hydrogen (secondary N) is 1. The molecule has 1 N–H and O–H groups in total. The third-order valence-corrected chi connectivity index (χ3v) is 7.82. The van der Waals surface area contributed by atoms with Crippen LogP contribution in [0.15, 0.2) is 77.7 Å². The molecule has 3 aromatic rings. The highest BCUT2D eigenvalue weighted by molar-refractivity contribution is 7.92. The fourth-order valence-electron chi connectivity index (χ4n) is 3.75. The van der Waals surface area contributed by atoms with Gasteiger partial charge in [-0.15, -0.1) is 0 Å². The minimum absolute atomic E-state index is 0.0114.